The van der Waals surface area contributed by atoms with Gasteiger partial charge in [0.2, 0.25) is 0 Å². The molecule has 5 rings (SSSR count). The van der Waals surface area contributed by atoms with Crippen molar-refractivity contribution in [2.75, 3.05) is 36.6 Å². The maximum Gasteiger partial charge on any atom is 0.262 e. The van der Waals surface area contributed by atoms with E-state index in [1.807, 2.05) is 18.2 Å². The SMILES string of the molecule is CC1CCCCN1c1ccc2cccc(OCC(=O)Nc3ccc4c(c3)OCCO4)c2n1. The quantitative estimate of drug-likeness (QED) is 0.643. The van der Waals surface area contributed by atoms with Gasteiger partial charge in [-0.25, -0.2) is 4.98 Å². The minimum atomic E-state index is -0.250. The predicted octanol–water partition coefficient (Wildman–Crippen LogP) is 4.40. The van der Waals surface area contributed by atoms with E-state index in [1.165, 1.54) is 19.3 Å². The first kappa shape index (κ1) is 20.4. The zero-order valence-electron chi connectivity index (χ0n) is 18.2. The third-order valence-electron chi connectivity index (χ3n) is 5.95. The third kappa shape index (κ3) is 4.28. The lowest BCUT2D eigenvalue weighted by atomic mass is 10.0. The van der Waals surface area contributed by atoms with Crippen molar-refractivity contribution in [3.8, 4) is 17.2 Å². The van der Waals surface area contributed by atoms with E-state index in [1.54, 1.807) is 18.2 Å². The van der Waals surface area contributed by atoms with Crippen LogP contribution in [0.2, 0.25) is 0 Å². The summed E-state index contributed by atoms with van der Waals surface area (Å²) in [6.07, 6.45) is 3.62. The fourth-order valence-electron chi connectivity index (χ4n) is 4.29. The molecule has 1 unspecified atom stereocenters. The van der Waals surface area contributed by atoms with Crippen LogP contribution in [0.25, 0.3) is 10.9 Å². The second-order valence-corrected chi connectivity index (χ2v) is 8.23. The van der Waals surface area contributed by atoms with Gasteiger partial charge in [0.15, 0.2) is 18.1 Å². The van der Waals surface area contributed by atoms with Crippen LogP contribution in [0.5, 0.6) is 17.2 Å². The van der Waals surface area contributed by atoms with Crippen molar-refractivity contribution in [1.82, 2.24) is 4.98 Å². The summed E-state index contributed by atoms with van der Waals surface area (Å²) in [6.45, 7) is 4.18. The molecule has 1 N–H and O–H groups in total. The number of hydrogen-bond donors (Lipinski definition) is 1. The van der Waals surface area contributed by atoms with Gasteiger partial charge in [0.05, 0.1) is 0 Å². The highest BCUT2D eigenvalue weighted by atomic mass is 16.6. The van der Waals surface area contributed by atoms with E-state index in [0.717, 1.165) is 23.3 Å². The molecule has 1 saturated heterocycles. The van der Waals surface area contributed by atoms with Crippen LogP contribution in [0.15, 0.2) is 48.5 Å². The van der Waals surface area contributed by atoms with Gasteiger partial charge in [-0.2, -0.15) is 0 Å². The van der Waals surface area contributed by atoms with Crippen LogP contribution in [-0.4, -0.2) is 43.3 Å². The van der Waals surface area contributed by atoms with E-state index in [4.69, 9.17) is 19.2 Å². The standard InChI is InChI=1S/C25H27N3O4/c1-17-5-2-3-12-28(17)23-11-8-18-6-4-7-21(25(18)27-23)32-16-24(29)26-19-9-10-20-22(15-19)31-14-13-30-20/h4,6-11,15,17H,2-3,5,12-14,16H2,1H3,(H,26,29). The molecule has 32 heavy (non-hydrogen) atoms. The minimum Gasteiger partial charge on any atom is -0.486 e. The summed E-state index contributed by atoms with van der Waals surface area (Å²) in [5.41, 5.74) is 1.41. The van der Waals surface area contributed by atoms with Gasteiger partial charge < -0.3 is 24.4 Å². The maximum absolute atomic E-state index is 12.5. The summed E-state index contributed by atoms with van der Waals surface area (Å²) in [4.78, 5) is 19.8. The summed E-state index contributed by atoms with van der Waals surface area (Å²) in [7, 11) is 0. The van der Waals surface area contributed by atoms with Crippen molar-refractivity contribution in [3.05, 3.63) is 48.5 Å². The van der Waals surface area contributed by atoms with Crippen LogP contribution in [0.4, 0.5) is 11.5 Å². The molecule has 1 atom stereocenters. The first-order valence-electron chi connectivity index (χ1n) is 11.2. The topological polar surface area (TPSA) is 72.9 Å². The highest BCUT2D eigenvalue weighted by Crippen LogP contribution is 2.33. The number of anilines is 2. The van der Waals surface area contributed by atoms with E-state index in [-0.39, 0.29) is 12.5 Å². The van der Waals surface area contributed by atoms with E-state index in [0.29, 0.717) is 42.2 Å². The second kappa shape index (κ2) is 8.94. The van der Waals surface area contributed by atoms with Crippen molar-refractivity contribution >= 4 is 28.3 Å². The highest BCUT2D eigenvalue weighted by Gasteiger charge is 2.20. The lowest BCUT2D eigenvalue weighted by Gasteiger charge is -2.34. The second-order valence-electron chi connectivity index (χ2n) is 8.23. The molecule has 1 fully saturated rings. The van der Waals surface area contributed by atoms with E-state index in [2.05, 4.69) is 29.3 Å². The summed E-state index contributed by atoms with van der Waals surface area (Å²) in [5, 5.41) is 3.84. The van der Waals surface area contributed by atoms with Gasteiger partial charge in [0.25, 0.3) is 5.91 Å². The number of benzene rings is 2. The zero-order chi connectivity index (χ0) is 21.9. The molecule has 0 bridgehead atoms. The number of rotatable bonds is 5. The molecule has 1 aromatic heterocycles. The molecule has 0 aliphatic carbocycles. The average Bonchev–Trinajstić information content (AvgIpc) is 2.82. The van der Waals surface area contributed by atoms with Crippen LogP contribution < -0.4 is 24.4 Å². The third-order valence-corrected chi connectivity index (χ3v) is 5.95. The Morgan fingerprint density at radius 1 is 1.12 bits per heavy atom. The van der Waals surface area contributed by atoms with Crippen molar-refractivity contribution in [3.63, 3.8) is 0 Å². The van der Waals surface area contributed by atoms with Crippen LogP contribution in [0, 0.1) is 0 Å². The zero-order valence-corrected chi connectivity index (χ0v) is 18.2. The number of piperidine rings is 1. The number of para-hydroxylation sites is 1. The molecule has 3 heterocycles. The molecule has 0 saturated carbocycles. The van der Waals surface area contributed by atoms with Crippen LogP contribution in [0.3, 0.4) is 0 Å². The lowest BCUT2D eigenvalue weighted by molar-refractivity contribution is -0.118. The first-order chi connectivity index (χ1) is 15.7. The molecule has 2 aliphatic heterocycles. The van der Waals surface area contributed by atoms with Gasteiger partial charge in [-0.15, -0.1) is 0 Å². The van der Waals surface area contributed by atoms with Crippen LogP contribution in [-0.2, 0) is 4.79 Å². The molecule has 7 nitrogen and oxygen atoms in total. The molecule has 0 radical (unpaired) electrons. The number of carbonyl (C=O) groups is 1. The number of aromatic nitrogens is 1. The molecule has 2 aliphatic rings. The van der Waals surface area contributed by atoms with E-state index < -0.39 is 0 Å². The summed E-state index contributed by atoms with van der Waals surface area (Å²) in [5.74, 6) is 2.63. The summed E-state index contributed by atoms with van der Waals surface area (Å²) in [6, 6.07) is 15.7. The van der Waals surface area contributed by atoms with Crippen molar-refractivity contribution in [2.45, 2.75) is 32.2 Å². The van der Waals surface area contributed by atoms with Gasteiger partial charge in [-0.1, -0.05) is 12.1 Å². The number of carbonyl (C=O) groups excluding carboxylic acids is 1. The number of hydrogen-bond acceptors (Lipinski definition) is 6. The Bertz CT molecular complexity index is 1130. The van der Waals surface area contributed by atoms with Crippen molar-refractivity contribution < 1.29 is 19.0 Å². The Balaban J connectivity index is 1.29. The van der Waals surface area contributed by atoms with Gasteiger partial charge >= 0.3 is 0 Å². The maximum atomic E-state index is 12.5. The van der Waals surface area contributed by atoms with Crippen molar-refractivity contribution in [2.24, 2.45) is 0 Å². The average molecular weight is 434 g/mol. The van der Waals surface area contributed by atoms with Gasteiger partial charge in [0, 0.05) is 29.7 Å². The van der Waals surface area contributed by atoms with E-state index >= 15 is 0 Å². The number of nitrogens with one attached hydrogen (secondary N) is 1. The fourth-order valence-corrected chi connectivity index (χ4v) is 4.29. The number of amides is 1. The predicted molar refractivity (Wildman–Crippen MR) is 124 cm³/mol. The Kier molecular flexibility index (Phi) is 5.71. The molecule has 1 amide bonds. The molecular weight excluding hydrogens is 406 g/mol. The van der Waals surface area contributed by atoms with Crippen LogP contribution in [0.1, 0.15) is 26.2 Å². The Hall–Kier alpha value is -3.48. The molecule has 166 valence electrons. The molecule has 7 heteroatoms. The summed E-state index contributed by atoms with van der Waals surface area (Å²) >= 11 is 0. The molecular formula is C25H27N3O4. The Morgan fingerprint density at radius 2 is 2.00 bits per heavy atom. The number of nitrogens with zero attached hydrogens (tertiary/aromatic N) is 2. The van der Waals surface area contributed by atoms with Gasteiger partial charge in [0.1, 0.15) is 30.3 Å². The normalized spacial score (nSPS) is 17.8. The number of fused-ring (bicyclic) bond motifs is 2. The smallest absolute Gasteiger partial charge is 0.262 e. The number of pyridine rings is 1. The molecule has 2 aromatic carbocycles. The minimum absolute atomic E-state index is 0.112. The lowest BCUT2D eigenvalue weighted by Crippen LogP contribution is -2.37. The summed E-state index contributed by atoms with van der Waals surface area (Å²) < 4.78 is 17.0. The van der Waals surface area contributed by atoms with E-state index in [9.17, 15) is 4.79 Å². The first-order valence-corrected chi connectivity index (χ1v) is 11.2. The largest absolute Gasteiger partial charge is 0.486 e. The molecule has 3 aromatic rings. The number of ether oxygens (including phenoxy) is 3. The molecule has 0 spiro atoms. The fraction of sp³-hybridized carbons (Fsp3) is 0.360. The highest BCUT2D eigenvalue weighted by molar-refractivity contribution is 5.93. The monoisotopic (exact) mass is 433 g/mol. The Morgan fingerprint density at radius 3 is 2.88 bits per heavy atom. The Labute approximate surface area is 187 Å². The van der Waals surface area contributed by atoms with Gasteiger partial charge in [-0.3, -0.25) is 4.79 Å². The van der Waals surface area contributed by atoms with Gasteiger partial charge in [-0.05, 0) is 56.5 Å². The van der Waals surface area contributed by atoms with Crippen LogP contribution >= 0.6 is 0 Å². The van der Waals surface area contributed by atoms with Crippen molar-refractivity contribution in [1.29, 1.82) is 0 Å².